The Balaban J connectivity index is 1.49. The van der Waals surface area contributed by atoms with E-state index in [2.05, 4.69) is 22.5 Å². The van der Waals surface area contributed by atoms with Gasteiger partial charge in [-0.1, -0.05) is 36.4 Å². The van der Waals surface area contributed by atoms with Crippen LogP contribution < -0.4 is 9.64 Å². The molecule has 2 aromatic carbocycles. The van der Waals surface area contributed by atoms with Gasteiger partial charge in [-0.15, -0.1) is 0 Å². The van der Waals surface area contributed by atoms with E-state index < -0.39 is 23.7 Å². The van der Waals surface area contributed by atoms with Crippen LogP contribution in [0.4, 0.5) is 5.69 Å². The minimum absolute atomic E-state index is 0.0815. The Morgan fingerprint density at radius 1 is 1.07 bits per heavy atom. The highest BCUT2D eigenvalue weighted by atomic mass is 79.9. The van der Waals surface area contributed by atoms with Gasteiger partial charge in [0.1, 0.15) is 0 Å². The van der Waals surface area contributed by atoms with Gasteiger partial charge in [-0.3, -0.25) is 24.1 Å². The fourth-order valence-electron chi connectivity index (χ4n) is 6.69. The van der Waals surface area contributed by atoms with Crippen molar-refractivity contribution in [3.8, 4) is 11.5 Å². The molecule has 6 rings (SSSR count). The number of rotatable bonds is 4. The molecule has 1 fully saturated rings. The number of carbonyl (C=O) groups excluding carboxylic acids is 4. The van der Waals surface area contributed by atoms with E-state index in [-0.39, 0.29) is 41.3 Å². The summed E-state index contributed by atoms with van der Waals surface area (Å²) in [5.74, 6) is -3.21. The first kappa shape index (κ1) is 26.2. The smallest absolute Gasteiger partial charge is 0.238 e. The molecule has 0 spiro atoms. The molecular weight excluding hydrogens is 574 g/mol. The number of ether oxygens (including phenoxy) is 1. The van der Waals surface area contributed by atoms with Crippen molar-refractivity contribution in [2.24, 2.45) is 17.8 Å². The number of hydrogen-bond acceptors (Lipinski definition) is 6. The van der Waals surface area contributed by atoms with E-state index in [9.17, 15) is 24.3 Å². The quantitative estimate of drug-likeness (QED) is 0.285. The molecule has 1 aliphatic heterocycles. The number of amides is 2. The number of methoxy groups -OCH3 is 1. The monoisotopic (exact) mass is 599 g/mol. The van der Waals surface area contributed by atoms with E-state index >= 15 is 0 Å². The number of Topliss-reactive ketones (excluding diaryl/α,β-unsaturated/α-hetero) is 1. The lowest BCUT2D eigenvalue weighted by atomic mass is 9.59. The molecule has 202 valence electrons. The number of fused-ring (bicyclic) bond motifs is 3. The number of phenolic OH excluding ortho intramolecular Hbond substituents is 1. The maximum Gasteiger partial charge on any atom is 0.238 e. The van der Waals surface area contributed by atoms with E-state index in [0.29, 0.717) is 38.9 Å². The lowest BCUT2D eigenvalue weighted by Crippen LogP contribution is -2.39. The van der Waals surface area contributed by atoms with Crippen LogP contribution in [-0.4, -0.2) is 35.6 Å². The molecule has 2 amide bonds. The van der Waals surface area contributed by atoms with Gasteiger partial charge in [0.05, 0.1) is 29.1 Å². The molecule has 0 bridgehead atoms. The third-order valence-corrected chi connectivity index (χ3v) is 9.16. The molecule has 40 heavy (non-hydrogen) atoms. The molecule has 1 N–H and O–H groups in total. The molecule has 3 aliphatic carbocycles. The second kappa shape index (κ2) is 9.55. The summed E-state index contributed by atoms with van der Waals surface area (Å²) in [6, 6.07) is 10.4. The van der Waals surface area contributed by atoms with Crippen LogP contribution in [0.25, 0.3) is 6.08 Å². The zero-order valence-corrected chi connectivity index (χ0v) is 23.5. The van der Waals surface area contributed by atoms with Gasteiger partial charge in [0, 0.05) is 22.6 Å². The summed E-state index contributed by atoms with van der Waals surface area (Å²) in [5, 5.41) is 10.4. The standard InChI is InChI=1S/C32H26BrNO6/c1-4-16-5-7-18(8-6-16)34-31(38)20-10-9-19-21(27(20)32(34)39)14-22-28(24(35)11-15(2)29(22)36)26(19)17-12-23(33)30(37)25(13-17)40-3/h4-9,11-13,20-21,26-27,37H,1,10,14H2,2-3H3. The summed E-state index contributed by atoms with van der Waals surface area (Å²) in [6.45, 7) is 5.37. The molecule has 2 aromatic rings. The zero-order valence-electron chi connectivity index (χ0n) is 21.9. The molecule has 4 unspecified atom stereocenters. The SMILES string of the molecule is C=Cc1ccc(N2C(=O)C3CC=C4C(c5cc(Br)c(O)c(OC)c5)C5=C(CC4C3C2=O)C(=O)C(C)=CC5=O)cc1. The van der Waals surface area contributed by atoms with Crippen LogP contribution in [0, 0.1) is 17.8 Å². The number of imide groups is 1. The fourth-order valence-corrected chi connectivity index (χ4v) is 7.15. The molecule has 4 atom stereocenters. The Morgan fingerprint density at radius 2 is 1.80 bits per heavy atom. The van der Waals surface area contributed by atoms with Crippen LogP contribution in [-0.2, 0) is 19.2 Å². The summed E-state index contributed by atoms with van der Waals surface area (Å²) in [4.78, 5) is 55.7. The van der Waals surface area contributed by atoms with E-state index in [4.69, 9.17) is 4.74 Å². The minimum Gasteiger partial charge on any atom is -0.503 e. The number of benzene rings is 2. The molecule has 0 aromatic heterocycles. The third kappa shape index (κ3) is 3.77. The van der Waals surface area contributed by atoms with Crippen LogP contribution in [0.5, 0.6) is 11.5 Å². The van der Waals surface area contributed by atoms with Gasteiger partial charge < -0.3 is 9.84 Å². The lowest BCUT2D eigenvalue weighted by molar-refractivity contribution is -0.123. The van der Waals surface area contributed by atoms with Crippen LogP contribution in [0.2, 0.25) is 0 Å². The van der Waals surface area contributed by atoms with Crippen LogP contribution in [0.3, 0.4) is 0 Å². The summed E-state index contributed by atoms with van der Waals surface area (Å²) < 4.78 is 5.76. The largest absolute Gasteiger partial charge is 0.503 e. The van der Waals surface area contributed by atoms with Gasteiger partial charge in [-0.2, -0.15) is 0 Å². The Bertz CT molecular complexity index is 1630. The van der Waals surface area contributed by atoms with E-state index in [1.165, 1.54) is 18.1 Å². The normalized spacial score (nSPS) is 25.7. The first-order chi connectivity index (χ1) is 19.2. The summed E-state index contributed by atoms with van der Waals surface area (Å²) in [5.41, 5.74) is 3.96. The predicted molar refractivity (Wildman–Crippen MR) is 153 cm³/mol. The van der Waals surface area contributed by atoms with Gasteiger partial charge in [0.15, 0.2) is 23.1 Å². The van der Waals surface area contributed by atoms with Crippen molar-refractivity contribution in [2.75, 3.05) is 12.0 Å². The molecule has 8 heteroatoms. The summed E-state index contributed by atoms with van der Waals surface area (Å²) >= 11 is 3.38. The molecular formula is C32H26BrNO6. The Hall–Kier alpha value is -4.04. The number of allylic oxidation sites excluding steroid dienone is 6. The first-order valence-corrected chi connectivity index (χ1v) is 13.8. The van der Waals surface area contributed by atoms with Gasteiger partial charge in [-0.25, -0.2) is 0 Å². The number of phenols is 1. The van der Waals surface area contributed by atoms with Crippen molar-refractivity contribution in [1.29, 1.82) is 0 Å². The van der Waals surface area contributed by atoms with E-state index in [1.54, 1.807) is 49.4 Å². The van der Waals surface area contributed by atoms with Crippen molar-refractivity contribution >= 4 is 51.1 Å². The predicted octanol–water partition coefficient (Wildman–Crippen LogP) is 5.44. The number of halogens is 1. The number of nitrogens with zero attached hydrogens (tertiary/aromatic N) is 1. The zero-order chi connectivity index (χ0) is 28.5. The Kier molecular flexibility index (Phi) is 6.26. The van der Waals surface area contributed by atoms with Crippen molar-refractivity contribution in [2.45, 2.75) is 25.7 Å². The molecule has 0 saturated carbocycles. The molecule has 7 nitrogen and oxygen atoms in total. The molecule has 0 radical (unpaired) electrons. The van der Waals surface area contributed by atoms with Crippen LogP contribution >= 0.6 is 15.9 Å². The number of anilines is 1. The molecule has 4 aliphatic rings. The van der Waals surface area contributed by atoms with Gasteiger partial charge in [0.2, 0.25) is 11.8 Å². The van der Waals surface area contributed by atoms with Gasteiger partial charge in [-0.05, 0) is 83.1 Å². The fraction of sp³-hybridized carbons (Fsp3) is 0.250. The topological polar surface area (TPSA) is 101 Å². The maximum absolute atomic E-state index is 14.0. The highest BCUT2D eigenvalue weighted by Crippen LogP contribution is 2.56. The van der Waals surface area contributed by atoms with Crippen LogP contribution in [0.15, 0.2) is 81.9 Å². The minimum atomic E-state index is -0.667. The van der Waals surface area contributed by atoms with Crippen molar-refractivity contribution < 1.29 is 29.0 Å². The second-order valence-corrected chi connectivity index (χ2v) is 11.4. The van der Waals surface area contributed by atoms with E-state index in [1.807, 2.05) is 6.08 Å². The van der Waals surface area contributed by atoms with Crippen molar-refractivity contribution in [1.82, 2.24) is 0 Å². The number of ketones is 2. The lowest BCUT2D eigenvalue weighted by Gasteiger charge is -2.42. The molecule has 1 saturated heterocycles. The summed E-state index contributed by atoms with van der Waals surface area (Å²) in [6.07, 6.45) is 5.57. The third-order valence-electron chi connectivity index (χ3n) is 8.55. The number of hydrogen-bond donors (Lipinski definition) is 1. The number of aromatic hydroxyl groups is 1. The highest BCUT2D eigenvalue weighted by Gasteiger charge is 2.56. The van der Waals surface area contributed by atoms with Gasteiger partial charge in [0.25, 0.3) is 0 Å². The number of carbonyl (C=O) groups is 4. The Labute approximate surface area is 239 Å². The van der Waals surface area contributed by atoms with Crippen molar-refractivity contribution in [3.05, 3.63) is 93.0 Å². The highest BCUT2D eigenvalue weighted by molar-refractivity contribution is 9.10. The second-order valence-electron chi connectivity index (χ2n) is 10.6. The van der Waals surface area contributed by atoms with E-state index in [0.717, 1.165) is 11.1 Å². The molecule has 1 heterocycles. The van der Waals surface area contributed by atoms with Crippen LogP contribution in [0.1, 0.15) is 36.8 Å². The van der Waals surface area contributed by atoms with Gasteiger partial charge >= 0.3 is 0 Å². The van der Waals surface area contributed by atoms with Crippen molar-refractivity contribution in [3.63, 3.8) is 0 Å². The average molecular weight is 600 g/mol. The summed E-state index contributed by atoms with van der Waals surface area (Å²) in [7, 11) is 1.44. The average Bonchev–Trinajstić information content (AvgIpc) is 3.21. The first-order valence-electron chi connectivity index (χ1n) is 13.0. The Morgan fingerprint density at radius 3 is 2.48 bits per heavy atom. The maximum atomic E-state index is 14.0.